The van der Waals surface area contributed by atoms with Gasteiger partial charge < -0.3 is 9.47 Å². The van der Waals surface area contributed by atoms with Crippen molar-refractivity contribution < 1.29 is 14.3 Å². The number of carbonyl (C=O) groups is 1. The second kappa shape index (κ2) is 8.96. The van der Waals surface area contributed by atoms with E-state index in [0.29, 0.717) is 5.92 Å². The van der Waals surface area contributed by atoms with Crippen molar-refractivity contribution in [3.63, 3.8) is 0 Å². The minimum absolute atomic E-state index is 0.106. The van der Waals surface area contributed by atoms with Gasteiger partial charge >= 0.3 is 5.97 Å². The maximum atomic E-state index is 11.3. The zero-order chi connectivity index (χ0) is 15.0. The zero-order valence-electron chi connectivity index (χ0n) is 13.0. The van der Waals surface area contributed by atoms with Crippen molar-refractivity contribution in [2.45, 2.75) is 58.0 Å². The van der Waals surface area contributed by atoms with Crippen LogP contribution in [-0.4, -0.2) is 25.8 Å². The fourth-order valence-electron chi connectivity index (χ4n) is 2.80. The van der Waals surface area contributed by atoms with Crippen LogP contribution in [0.5, 0.6) is 0 Å². The Morgan fingerprint density at radius 3 is 2.75 bits per heavy atom. The van der Waals surface area contributed by atoms with Crippen molar-refractivity contribution in [1.29, 1.82) is 0 Å². The highest BCUT2D eigenvalue weighted by Crippen LogP contribution is 2.33. The Morgan fingerprint density at radius 2 is 2.10 bits per heavy atom. The van der Waals surface area contributed by atoms with Crippen LogP contribution < -0.4 is 0 Å². The highest BCUT2D eigenvalue weighted by Gasteiger charge is 2.28. The summed E-state index contributed by atoms with van der Waals surface area (Å²) in [6, 6.07) is 0. The summed E-state index contributed by atoms with van der Waals surface area (Å²) >= 11 is 0. The molecule has 0 aromatic rings. The van der Waals surface area contributed by atoms with E-state index in [2.05, 4.69) is 13.2 Å². The van der Waals surface area contributed by atoms with Crippen LogP contribution in [0.15, 0.2) is 24.3 Å². The molecule has 0 spiro atoms. The molecule has 1 aliphatic rings. The van der Waals surface area contributed by atoms with E-state index >= 15 is 0 Å². The predicted molar refractivity (Wildman–Crippen MR) is 81.5 cm³/mol. The molecule has 0 heterocycles. The smallest absolute Gasteiger partial charge is 0.303 e. The summed E-state index contributed by atoms with van der Waals surface area (Å²) in [5.74, 6) is 0.175. The molecule has 0 N–H and O–H groups in total. The van der Waals surface area contributed by atoms with Crippen LogP contribution in [0, 0.1) is 5.92 Å². The summed E-state index contributed by atoms with van der Waals surface area (Å²) in [4.78, 5) is 11.3. The van der Waals surface area contributed by atoms with Gasteiger partial charge in [0.05, 0.1) is 0 Å². The Kier molecular flexibility index (Phi) is 7.60. The zero-order valence-corrected chi connectivity index (χ0v) is 13.0. The molecule has 1 unspecified atom stereocenters. The van der Waals surface area contributed by atoms with Crippen molar-refractivity contribution in [2.24, 2.45) is 5.92 Å². The summed E-state index contributed by atoms with van der Waals surface area (Å²) in [6.07, 6.45) is 7.20. The Bertz CT molecular complexity index is 346. The molecule has 0 bridgehead atoms. The van der Waals surface area contributed by atoms with Crippen molar-refractivity contribution in [2.75, 3.05) is 13.7 Å². The number of hydrogen-bond donors (Lipinski definition) is 0. The minimum Gasteiger partial charge on any atom is -0.458 e. The first-order chi connectivity index (χ1) is 9.54. The number of esters is 1. The molecular weight excluding hydrogens is 252 g/mol. The number of ether oxygens (including phenoxy) is 2. The number of carbonyl (C=O) groups excluding carboxylic acids is 1. The number of methoxy groups -OCH3 is 1. The van der Waals surface area contributed by atoms with Gasteiger partial charge in [0.1, 0.15) is 6.10 Å². The van der Waals surface area contributed by atoms with Gasteiger partial charge in [0, 0.05) is 26.6 Å². The van der Waals surface area contributed by atoms with Gasteiger partial charge in [-0.15, -0.1) is 0 Å². The molecule has 20 heavy (non-hydrogen) atoms. The third kappa shape index (κ3) is 5.91. The van der Waals surface area contributed by atoms with Gasteiger partial charge in [-0.2, -0.15) is 0 Å². The summed E-state index contributed by atoms with van der Waals surface area (Å²) < 4.78 is 10.6. The van der Waals surface area contributed by atoms with E-state index in [1.54, 1.807) is 7.11 Å². The first kappa shape index (κ1) is 17.0. The van der Waals surface area contributed by atoms with Crippen LogP contribution in [-0.2, 0) is 14.3 Å². The lowest BCUT2D eigenvalue weighted by molar-refractivity contribution is -0.147. The molecule has 0 aromatic carbocycles. The molecule has 1 saturated carbocycles. The highest BCUT2D eigenvalue weighted by molar-refractivity contribution is 5.66. The predicted octanol–water partition coefficient (Wildman–Crippen LogP) is 4.04. The standard InChI is InChI=1S/C17H28O3/c1-13(11-12-19-4)9-10-16-8-6-5-7-14(2)17(16)20-15(3)18/h16-17H,1-2,5-12H2,3-4H3/t16?,17-/m1/s1. The molecule has 1 fully saturated rings. The highest BCUT2D eigenvalue weighted by atomic mass is 16.5. The quantitative estimate of drug-likeness (QED) is 0.401. The number of rotatable bonds is 7. The average molecular weight is 280 g/mol. The van der Waals surface area contributed by atoms with Crippen molar-refractivity contribution in [3.8, 4) is 0 Å². The Hall–Kier alpha value is -1.09. The van der Waals surface area contributed by atoms with Crippen LogP contribution in [0.4, 0.5) is 0 Å². The lowest BCUT2D eigenvalue weighted by Gasteiger charge is -2.26. The monoisotopic (exact) mass is 280 g/mol. The van der Waals surface area contributed by atoms with Gasteiger partial charge in [0.2, 0.25) is 0 Å². The Labute approximate surface area is 123 Å². The molecule has 0 radical (unpaired) electrons. The molecule has 0 amide bonds. The van der Waals surface area contributed by atoms with E-state index < -0.39 is 0 Å². The Balaban J connectivity index is 2.55. The fraction of sp³-hybridized carbons (Fsp3) is 0.706. The van der Waals surface area contributed by atoms with E-state index in [-0.39, 0.29) is 12.1 Å². The largest absolute Gasteiger partial charge is 0.458 e. The maximum absolute atomic E-state index is 11.3. The van der Waals surface area contributed by atoms with Gasteiger partial charge in [-0.25, -0.2) is 0 Å². The molecule has 1 aliphatic carbocycles. The second-order valence-electron chi connectivity index (χ2n) is 5.73. The fourth-order valence-corrected chi connectivity index (χ4v) is 2.80. The second-order valence-corrected chi connectivity index (χ2v) is 5.73. The molecule has 3 heteroatoms. The van der Waals surface area contributed by atoms with Crippen LogP contribution in [0.3, 0.4) is 0 Å². The van der Waals surface area contributed by atoms with Gasteiger partial charge in [-0.1, -0.05) is 25.2 Å². The van der Waals surface area contributed by atoms with E-state index in [0.717, 1.165) is 50.7 Å². The van der Waals surface area contributed by atoms with Crippen molar-refractivity contribution in [3.05, 3.63) is 24.3 Å². The summed E-state index contributed by atoms with van der Waals surface area (Å²) in [6.45, 7) is 10.4. The van der Waals surface area contributed by atoms with E-state index in [4.69, 9.17) is 9.47 Å². The molecule has 114 valence electrons. The summed E-state index contributed by atoms with van der Waals surface area (Å²) in [5.41, 5.74) is 2.29. The van der Waals surface area contributed by atoms with E-state index in [1.807, 2.05) is 0 Å². The molecule has 1 rings (SSSR count). The normalized spacial score (nSPS) is 23.2. The van der Waals surface area contributed by atoms with Crippen LogP contribution >= 0.6 is 0 Å². The van der Waals surface area contributed by atoms with Crippen LogP contribution in [0.2, 0.25) is 0 Å². The molecule has 0 saturated heterocycles. The maximum Gasteiger partial charge on any atom is 0.303 e. The average Bonchev–Trinajstić information content (AvgIpc) is 2.57. The van der Waals surface area contributed by atoms with Crippen LogP contribution in [0.1, 0.15) is 51.9 Å². The molecular formula is C17H28O3. The van der Waals surface area contributed by atoms with E-state index in [1.165, 1.54) is 18.9 Å². The van der Waals surface area contributed by atoms with Gasteiger partial charge in [0.25, 0.3) is 0 Å². The number of hydrogen-bond acceptors (Lipinski definition) is 3. The topological polar surface area (TPSA) is 35.5 Å². The Morgan fingerprint density at radius 1 is 1.35 bits per heavy atom. The van der Waals surface area contributed by atoms with Gasteiger partial charge in [-0.3, -0.25) is 4.79 Å². The SMILES string of the molecule is C=C(CCOC)CCC1CCCCC(=C)[C@H]1OC(C)=O. The van der Waals surface area contributed by atoms with Crippen LogP contribution in [0.25, 0.3) is 0 Å². The summed E-state index contributed by atoms with van der Waals surface area (Å²) in [7, 11) is 1.71. The third-order valence-electron chi connectivity index (χ3n) is 3.97. The molecule has 0 aliphatic heterocycles. The van der Waals surface area contributed by atoms with Crippen molar-refractivity contribution >= 4 is 5.97 Å². The first-order valence-electron chi connectivity index (χ1n) is 7.55. The molecule has 2 atom stereocenters. The minimum atomic E-state index is -0.207. The van der Waals surface area contributed by atoms with Gasteiger partial charge in [-0.05, 0) is 44.1 Å². The first-order valence-corrected chi connectivity index (χ1v) is 7.55. The van der Waals surface area contributed by atoms with Crippen molar-refractivity contribution in [1.82, 2.24) is 0 Å². The van der Waals surface area contributed by atoms with Gasteiger partial charge in [0.15, 0.2) is 0 Å². The lowest BCUT2D eigenvalue weighted by Crippen LogP contribution is -2.27. The lowest BCUT2D eigenvalue weighted by atomic mass is 9.88. The van der Waals surface area contributed by atoms with E-state index in [9.17, 15) is 4.79 Å². The summed E-state index contributed by atoms with van der Waals surface area (Å²) in [5, 5.41) is 0. The molecule has 3 nitrogen and oxygen atoms in total. The third-order valence-corrected chi connectivity index (χ3v) is 3.97. The molecule has 0 aromatic heterocycles.